The second-order valence-electron chi connectivity index (χ2n) is 8.13. The molecule has 144 valence electrons. The van der Waals surface area contributed by atoms with Crippen LogP contribution in [0.5, 0.6) is 11.5 Å². The topological polar surface area (TPSA) is 38.8 Å². The van der Waals surface area contributed by atoms with E-state index in [1.54, 1.807) is 7.11 Å². The Labute approximate surface area is 162 Å². The Hall–Kier alpha value is -2.49. The number of amides is 1. The third-order valence-electron chi connectivity index (χ3n) is 5.17. The SMILES string of the molecule is COc1ccc(C2CCN(C(=O)COc3ccccc3C(C)(C)C)C2)cc1. The van der Waals surface area contributed by atoms with Gasteiger partial charge in [-0.05, 0) is 41.2 Å². The molecule has 1 fully saturated rings. The standard InChI is InChI=1S/C23H29NO3/c1-23(2,3)20-7-5-6-8-21(20)27-16-22(25)24-14-13-18(15-24)17-9-11-19(26-4)12-10-17/h5-12,18H,13-16H2,1-4H3. The van der Waals surface area contributed by atoms with E-state index in [2.05, 4.69) is 39.0 Å². The number of hydrogen-bond donors (Lipinski definition) is 0. The molecule has 1 aliphatic heterocycles. The second-order valence-corrected chi connectivity index (χ2v) is 8.13. The highest BCUT2D eigenvalue weighted by Gasteiger charge is 2.28. The van der Waals surface area contributed by atoms with Crippen molar-refractivity contribution in [1.29, 1.82) is 0 Å². The summed E-state index contributed by atoms with van der Waals surface area (Å²) in [6, 6.07) is 16.1. The van der Waals surface area contributed by atoms with Gasteiger partial charge in [-0.3, -0.25) is 4.79 Å². The number of carbonyl (C=O) groups excluding carboxylic acids is 1. The van der Waals surface area contributed by atoms with Gasteiger partial charge in [0.15, 0.2) is 6.61 Å². The van der Waals surface area contributed by atoms with Gasteiger partial charge in [-0.1, -0.05) is 51.1 Å². The zero-order valence-electron chi connectivity index (χ0n) is 16.7. The fraction of sp³-hybridized carbons (Fsp3) is 0.435. The van der Waals surface area contributed by atoms with Crippen LogP contribution in [0.3, 0.4) is 0 Å². The van der Waals surface area contributed by atoms with Crippen molar-refractivity contribution in [2.75, 3.05) is 26.8 Å². The Morgan fingerprint density at radius 2 is 1.81 bits per heavy atom. The van der Waals surface area contributed by atoms with Crippen LogP contribution in [0.15, 0.2) is 48.5 Å². The molecule has 0 aromatic heterocycles. The zero-order valence-corrected chi connectivity index (χ0v) is 16.7. The van der Waals surface area contributed by atoms with E-state index in [1.165, 1.54) is 5.56 Å². The molecule has 27 heavy (non-hydrogen) atoms. The summed E-state index contributed by atoms with van der Waals surface area (Å²) >= 11 is 0. The van der Waals surface area contributed by atoms with Gasteiger partial charge in [-0.2, -0.15) is 0 Å². The first-order chi connectivity index (χ1) is 12.9. The minimum Gasteiger partial charge on any atom is -0.497 e. The molecule has 0 spiro atoms. The van der Waals surface area contributed by atoms with E-state index >= 15 is 0 Å². The number of nitrogens with zero attached hydrogens (tertiary/aromatic N) is 1. The summed E-state index contributed by atoms with van der Waals surface area (Å²) in [6.07, 6.45) is 0.983. The lowest BCUT2D eigenvalue weighted by molar-refractivity contribution is -0.132. The molecule has 2 aromatic rings. The third kappa shape index (κ3) is 4.62. The molecular formula is C23H29NO3. The summed E-state index contributed by atoms with van der Waals surface area (Å²) in [5.74, 6) is 2.08. The Balaban J connectivity index is 1.58. The molecule has 0 aliphatic carbocycles. The van der Waals surface area contributed by atoms with Gasteiger partial charge in [0, 0.05) is 19.0 Å². The van der Waals surface area contributed by atoms with E-state index in [0.29, 0.717) is 5.92 Å². The van der Waals surface area contributed by atoms with Crippen LogP contribution >= 0.6 is 0 Å². The molecule has 0 bridgehead atoms. The van der Waals surface area contributed by atoms with Gasteiger partial charge in [0.25, 0.3) is 5.91 Å². The van der Waals surface area contributed by atoms with Crippen molar-refractivity contribution in [3.63, 3.8) is 0 Å². The Kier molecular flexibility index (Phi) is 5.73. The molecule has 4 nitrogen and oxygen atoms in total. The molecule has 2 aromatic carbocycles. The molecule has 1 atom stereocenters. The summed E-state index contributed by atoms with van der Waals surface area (Å²) in [6.45, 7) is 8.06. The minimum absolute atomic E-state index is 0.0211. The van der Waals surface area contributed by atoms with Crippen molar-refractivity contribution in [3.05, 3.63) is 59.7 Å². The molecule has 0 saturated carbocycles. The van der Waals surface area contributed by atoms with Gasteiger partial charge in [0.05, 0.1) is 7.11 Å². The average molecular weight is 367 g/mol. The van der Waals surface area contributed by atoms with Crippen LogP contribution in [0, 0.1) is 0 Å². The normalized spacial score (nSPS) is 17.0. The molecule has 0 N–H and O–H groups in total. The molecule has 1 aliphatic rings. The lowest BCUT2D eigenvalue weighted by Crippen LogP contribution is -2.33. The van der Waals surface area contributed by atoms with E-state index in [9.17, 15) is 4.79 Å². The molecule has 1 saturated heterocycles. The van der Waals surface area contributed by atoms with E-state index in [4.69, 9.17) is 9.47 Å². The zero-order chi connectivity index (χ0) is 19.4. The van der Waals surface area contributed by atoms with Crippen molar-refractivity contribution < 1.29 is 14.3 Å². The fourth-order valence-electron chi connectivity index (χ4n) is 3.58. The summed E-state index contributed by atoms with van der Waals surface area (Å²) < 4.78 is 11.1. The maximum Gasteiger partial charge on any atom is 0.260 e. The number of para-hydroxylation sites is 1. The van der Waals surface area contributed by atoms with E-state index in [0.717, 1.165) is 36.6 Å². The Morgan fingerprint density at radius 3 is 2.48 bits per heavy atom. The van der Waals surface area contributed by atoms with Crippen LogP contribution < -0.4 is 9.47 Å². The Morgan fingerprint density at radius 1 is 1.11 bits per heavy atom. The van der Waals surface area contributed by atoms with Gasteiger partial charge >= 0.3 is 0 Å². The molecule has 4 heteroatoms. The van der Waals surface area contributed by atoms with E-state index in [1.807, 2.05) is 35.2 Å². The lowest BCUT2D eigenvalue weighted by Gasteiger charge is -2.23. The highest BCUT2D eigenvalue weighted by molar-refractivity contribution is 5.78. The lowest BCUT2D eigenvalue weighted by atomic mass is 9.86. The van der Waals surface area contributed by atoms with E-state index < -0.39 is 0 Å². The predicted molar refractivity (Wildman–Crippen MR) is 108 cm³/mol. The van der Waals surface area contributed by atoms with Crippen LogP contribution in [0.2, 0.25) is 0 Å². The third-order valence-corrected chi connectivity index (χ3v) is 5.17. The summed E-state index contributed by atoms with van der Waals surface area (Å²) in [7, 11) is 1.67. The number of benzene rings is 2. The number of rotatable bonds is 5. The number of likely N-dealkylation sites (tertiary alicyclic amines) is 1. The van der Waals surface area contributed by atoms with Gasteiger partial charge < -0.3 is 14.4 Å². The van der Waals surface area contributed by atoms with Crippen LogP contribution in [0.4, 0.5) is 0 Å². The van der Waals surface area contributed by atoms with Crippen molar-refractivity contribution in [2.24, 2.45) is 0 Å². The van der Waals surface area contributed by atoms with Gasteiger partial charge in [-0.15, -0.1) is 0 Å². The molecule has 0 radical (unpaired) electrons. The minimum atomic E-state index is -0.0211. The first-order valence-electron chi connectivity index (χ1n) is 9.52. The van der Waals surface area contributed by atoms with Crippen LogP contribution in [-0.2, 0) is 10.2 Å². The van der Waals surface area contributed by atoms with Crippen LogP contribution in [-0.4, -0.2) is 37.6 Å². The quantitative estimate of drug-likeness (QED) is 0.787. The van der Waals surface area contributed by atoms with Crippen molar-refractivity contribution in [2.45, 2.75) is 38.5 Å². The highest BCUT2D eigenvalue weighted by Crippen LogP contribution is 2.31. The molecule has 1 heterocycles. The monoisotopic (exact) mass is 367 g/mol. The number of hydrogen-bond acceptors (Lipinski definition) is 3. The summed E-state index contributed by atoms with van der Waals surface area (Å²) in [5.41, 5.74) is 2.35. The van der Waals surface area contributed by atoms with Gasteiger partial charge in [0.1, 0.15) is 11.5 Å². The summed E-state index contributed by atoms with van der Waals surface area (Å²) in [5, 5.41) is 0. The fourth-order valence-corrected chi connectivity index (χ4v) is 3.58. The second kappa shape index (κ2) is 8.03. The van der Waals surface area contributed by atoms with Gasteiger partial charge in [0.2, 0.25) is 0 Å². The molecule has 3 rings (SSSR count). The van der Waals surface area contributed by atoms with Crippen LogP contribution in [0.25, 0.3) is 0 Å². The number of methoxy groups -OCH3 is 1. The van der Waals surface area contributed by atoms with E-state index in [-0.39, 0.29) is 17.9 Å². The van der Waals surface area contributed by atoms with Crippen molar-refractivity contribution in [1.82, 2.24) is 4.90 Å². The number of carbonyl (C=O) groups is 1. The van der Waals surface area contributed by atoms with Crippen molar-refractivity contribution in [3.8, 4) is 11.5 Å². The predicted octanol–water partition coefficient (Wildman–Crippen LogP) is 4.39. The van der Waals surface area contributed by atoms with Crippen LogP contribution in [0.1, 0.15) is 44.2 Å². The maximum atomic E-state index is 12.6. The first-order valence-corrected chi connectivity index (χ1v) is 9.52. The Bertz CT molecular complexity index is 777. The average Bonchev–Trinajstić information content (AvgIpc) is 3.16. The molecule has 1 amide bonds. The first kappa shape index (κ1) is 19.3. The smallest absolute Gasteiger partial charge is 0.260 e. The summed E-state index contributed by atoms with van der Waals surface area (Å²) in [4.78, 5) is 14.5. The largest absolute Gasteiger partial charge is 0.497 e. The maximum absolute atomic E-state index is 12.6. The van der Waals surface area contributed by atoms with Gasteiger partial charge in [-0.25, -0.2) is 0 Å². The molecule has 1 unspecified atom stereocenters. The number of ether oxygens (including phenoxy) is 2. The highest BCUT2D eigenvalue weighted by atomic mass is 16.5. The van der Waals surface area contributed by atoms with Crippen molar-refractivity contribution >= 4 is 5.91 Å². The molecular weight excluding hydrogens is 338 g/mol.